The van der Waals surface area contributed by atoms with Gasteiger partial charge in [0.1, 0.15) is 0 Å². The van der Waals surface area contributed by atoms with E-state index in [1.807, 2.05) is 19.9 Å². The maximum Gasteiger partial charge on any atom is 0.162 e. The first-order valence-electron chi connectivity index (χ1n) is 9.07. The van der Waals surface area contributed by atoms with Crippen LogP contribution in [0.2, 0.25) is 0 Å². The van der Waals surface area contributed by atoms with Crippen LogP contribution in [0.4, 0.5) is 0 Å². The fourth-order valence-corrected chi connectivity index (χ4v) is 2.86. The molecule has 0 aliphatic carbocycles. The molecule has 0 aromatic carbocycles. The Hall–Kier alpha value is -0.600. The van der Waals surface area contributed by atoms with Crippen LogP contribution in [0.15, 0.2) is 24.8 Å². The lowest BCUT2D eigenvalue weighted by Gasteiger charge is -2.42. The van der Waals surface area contributed by atoms with E-state index < -0.39 is 5.79 Å². The maximum atomic E-state index is 5.86. The van der Waals surface area contributed by atoms with Gasteiger partial charge in [0.2, 0.25) is 0 Å². The number of rotatable bonds is 11. The summed E-state index contributed by atoms with van der Waals surface area (Å²) in [4.78, 5) is 0. The van der Waals surface area contributed by atoms with Crippen LogP contribution in [0, 0.1) is 5.41 Å². The molecule has 1 aliphatic rings. The van der Waals surface area contributed by atoms with Crippen LogP contribution in [-0.2, 0) is 9.47 Å². The second-order valence-electron chi connectivity index (χ2n) is 7.20. The third kappa shape index (κ3) is 7.60. The summed E-state index contributed by atoms with van der Waals surface area (Å²) in [7, 11) is 0. The largest absolute Gasteiger partial charge is 0.350 e. The molecule has 1 aliphatic heterocycles. The van der Waals surface area contributed by atoms with Gasteiger partial charge in [0.25, 0.3) is 0 Å². The van der Waals surface area contributed by atoms with E-state index in [0.29, 0.717) is 0 Å². The van der Waals surface area contributed by atoms with Gasteiger partial charge < -0.3 is 9.47 Å². The van der Waals surface area contributed by atoms with Gasteiger partial charge in [-0.2, -0.15) is 0 Å². The maximum absolute atomic E-state index is 5.86. The Morgan fingerprint density at radius 3 is 2.18 bits per heavy atom. The second kappa shape index (κ2) is 10.2. The summed E-state index contributed by atoms with van der Waals surface area (Å²) < 4.78 is 11.7. The normalized spacial score (nSPS) is 20.3. The van der Waals surface area contributed by atoms with E-state index in [1.165, 1.54) is 44.9 Å². The van der Waals surface area contributed by atoms with Gasteiger partial charge in [0.15, 0.2) is 5.79 Å². The lowest BCUT2D eigenvalue weighted by molar-refractivity contribution is -0.284. The second-order valence-corrected chi connectivity index (χ2v) is 7.20. The zero-order valence-corrected chi connectivity index (χ0v) is 15.0. The lowest BCUT2D eigenvalue weighted by atomic mass is 9.81. The highest BCUT2D eigenvalue weighted by Crippen LogP contribution is 2.36. The Morgan fingerprint density at radius 2 is 1.55 bits per heavy atom. The summed E-state index contributed by atoms with van der Waals surface area (Å²) in [6, 6.07) is 0. The molecule has 1 fully saturated rings. The van der Waals surface area contributed by atoms with Crippen LogP contribution in [0.3, 0.4) is 0 Å². The summed E-state index contributed by atoms with van der Waals surface area (Å²) >= 11 is 0. The van der Waals surface area contributed by atoms with Crippen molar-refractivity contribution in [2.45, 2.75) is 84.3 Å². The highest BCUT2D eigenvalue weighted by molar-refractivity contribution is 4.96. The van der Waals surface area contributed by atoms with Gasteiger partial charge in [-0.25, -0.2) is 0 Å². The van der Waals surface area contributed by atoms with Crippen molar-refractivity contribution in [2.75, 3.05) is 13.2 Å². The number of allylic oxidation sites excluding steroid dienone is 3. The SMILES string of the molecule is C=CCC1(CC=CCCCCCCCC)COC(C)(C)OC1. The Morgan fingerprint density at radius 1 is 0.909 bits per heavy atom. The van der Waals surface area contributed by atoms with Crippen molar-refractivity contribution in [3.05, 3.63) is 24.8 Å². The first-order valence-corrected chi connectivity index (χ1v) is 9.07. The molecule has 1 rings (SSSR count). The van der Waals surface area contributed by atoms with Crippen LogP contribution >= 0.6 is 0 Å². The molecule has 0 saturated carbocycles. The molecule has 1 saturated heterocycles. The van der Waals surface area contributed by atoms with Crippen molar-refractivity contribution in [3.8, 4) is 0 Å². The lowest BCUT2D eigenvalue weighted by Crippen LogP contribution is -2.46. The molecule has 2 heteroatoms. The standard InChI is InChI=1S/C20H36O2/c1-5-7-8-9-10-11-12-13-14-16-20(15-6-2)17-21-19(3,4)22-18-20/h6,13-14H,2,5,7-12,15-18H2,1,3-4H3. The van der Waals surface area contributed by atoms with Crippen LogP contribution in [0.1, 0.15) is 78.6 Å². The molecule has 1 heterocycles. The first kappa shape index (κ1) is 19.4. The van der Waals surface area contributed by atoms with Crippen LogP contribution in [0.25, 0.3) is 0 Å². The zero-order valence-electron chi connectivity index (χ0n) is 15.0. The molecule has 128 valence electrons. The predicted molar refractivity (Wildman–Crippen MR) is 95.0 cm³/mol. The van der Waals surface area contributed by atoms with E-state index >= 15 is 0 Å². The molecule has 0 aromatic rings. The van der Waals surface area contributed by atoms with Crippen molar-refractivity contribution >= 4 is 0 Å². The Labute approximate surface area is 138 Å². The Kier molecular flexibility index (Phi) is 9.04. The van der Waals surface area contributed by atoms with Crippen LogP contribution in [0.5, 0.6) is 0 Å². The highest BCUT2D eigenvalue weighted by Gasteiger charge is 2.38. The summed E-state index contributed by atoms with van der Waals surface area (Å²) in [5.41, 5.74) is 0.0783. The molecule has 0 bridgehead atoms. The molecule has 0 radical (unpaired) electrons. The van der Waals surface area contributed by atoms with Crippen molar-refractivity contribution in [3.63, 3.8) is 0 Å². The molecular formula is C20H36O2. The molecular weight excluding hydrogens is 272 g/mol. The summed E-state index contributed by atoms with van der Waals surface area (Å²) in [5.74, 6) is -0.438. The van der Waals surface area contributed by atoms with Crippen molar-refractivity contribution < 1.29 is 9.47 Å². The van der Waals surface area contributed by atoms with E-state index in [0.717, 1.165) is 26.1 Å². The van der Waals surface area contributed by atoms with Gasteiger partial charge >= 0.3 is 0 Å². The van der Waals surface area contributed by atoms with Crippen LogP contribution in [-0.4, -0.2) is 19.0 Å². The minimum Gasteiger partial charge on any atom is -0.350 e. The van der Waals surface area contributed by atoms with Crippen LogP contribution < -0.4 is 0 Å². The van der Waals surface area contributed by atoms with E-state index in [9.17, 15) is 0 Å². The number of unbranched alkanes of at least 4 members (excludes halogenated alkanes) is 6. The van der Waals surface area contributed by atoms with Crippen molar-refractivity contribution in [2.24, 2.45) is 5.41 Å². The number of hydrogen-bond acceptors (Lipinski definition) is 2. The predicted octanol–water partition coefficient (Wildman–Crippen LogP) is 6.03. The molecule has 0 aromatic heterocycles. The molecule has 2 nitrogen and oxygen atoms in total. The van der Waals surface area contributed by atoms with E-state index in [-0.39, 0.29) is 5.41 Å². The average Bonchev–Trinajstić information content (AvgIpc) is 2.49. The van der Waals surface area contributed by atoms with Gasteiger partial charge in [-0.05, 0) is 39.5 Å². The molecule has 0 N–H and O–H groups in total. The minimum atomic E-state index is -0.438. The molecule has 0 amide bonds. The topological polar surface area (TPSA) is 18.5 Å². The van der Waals surface area contributed by atoms with E-state index in [4.69, 9.17) is 9.47 Å². The summed E-state index contributed by atoms with van der Waals surface area (Å²) in [5, 5.41) is 0. The van der Waals surface area contributed by atoms with Crippen molar-refractivity contribution in [1.82, 2.24) is 0 Å². The summed E-state index contributed by atoms with van der Waals surface area (Å²) in [6.45, 7) is 11.6. The van der Waals surface area contributed by atoms with Gasteiger partial charge in [-0.15, -0.1) is 6.58 Å². The van der Waals surface area contributed by atoms with Gasteiger partial charge in [0, 0.05) is 5.41 Å². The van der Waals surface area contributed by atoms with E-state index in [2.05, 4.69) is 25.7 Å². The average molecular weight is 309 g/mol. The van der Waals surface area contributed by atoms with E-state index in [1.54, 1.807) is 0 Å². The molecule has 0 unspecified atom stereocenters. The van der Waals surface area contributed by atoms with Gasteiger partial charge in [0.05, 0.1) is 13.2 Å². The fourth-order valence-electron chi connectivity index (χ4n) is 2.86. The molecule has 0 atom stereocenters. The van der Waals surface area contributed by atoms with Gasteiger partial charge in [-0.3, -0.25) is 0 Å². The quantitative estimate of drug-likeness (QED) is 0.343. The summed E-state index contributed by atoms with van der Waals surface area (Å²) in [6.07, 6.45) is 18.0. The third-order valence-corrected chi connectivity index (χ3v) is 4.47. The van der Waals surface area contributed by atoms with Crippen molar-refractivity contribution in [1.29, 1.82) is 0 Å². The van der Waals surface area contributed by atoms with Gasteiger partial charge in [-0.1, -0.05) is 57.3 Å². The molecule has 22 heavy (non-hydrogen) atoms. The smallest absolute Gasteiger partial charge is 0.162 e. The Balaban J connectivity index is 2.24. The number of ether oxygens (including phenoxy) is 2. The fraction of sp³-hybridized carbons (Fsp3) is 0.800. The molecule has 0 spiro atoms. The zero-order chi connectivity index (χ0) is 16.3. The highest BCUT2D eigenvalue weighted by atomic mass is 16.7. The minimum absolute atomic E-state index is 0.0783. The Bertz CT molecular complexity index is 321. The number of hydrogen-bond donors (Lipinski definition) is 0. The monoisotopic (exact) mass is 308 g/mol. The first-order chi connectivity index (χ1) is 10.5. The third-order valence-electron chi connectivity index (χ3n) is 4.47.